The maximum absolute atomic E-state index is 13.2. The molecule has 2 aromatic rings. The summed E-state index contributed by atoms with van der Waals surface area (Å²) in [7, 11) is -3.75. The van der Waals surface area contributed by atoms with Crippen LogP contribution in [0.1, 0.15) is 19.4 Å². The summed E-state index contributed by atoms with van der Waals surface area (Å²) in [4.78, 5) is 12.6. The second-order valence-corrected chi connectivity index (χ2v) is 8.60. The summed E-state index contributed by atoms with van der Waals surface area (Å²) in [6, 6.07) is 11.1. The number of aryl methyl sites for hydroxylation is 1. The SMILES string of the molecule is Cc1ccc(OC[C@H](C)NC(=O)[C@H](C)N(c2ccc(F)cc2)S(C)(=O)=O)cc1. The van der Waals surface area contributed by atoms with E-state index in [1.54, 1.807) is 6.92 Å². The van der Waals surface area contributed by atoms with Crippen molar-refractivity contribution in [3.8, 4) is 5.75 Å². The number of anilines is 1. The molecule has 0 unspecified atom stereocenters. The lowest BCUT2D eigenvalue weighted by Crippen LogP contribution is -2.50. The van der Waals surface area contributed by atoms with Gasteiger partial charge in [-0.3, -0.25) is 9.10 Å². The summed E-state index contributed by atoms with van der Waals surface area (Å²) in [5.41, 5.74) is 1.33. The van der Waals surface area contributed by atoms with Crippen LogP contribution < -0.4 is 14.4 Å². The molecule has 0 fully saturated rings. The third kappa shape index (κ3) is 5.95. The summed E-state index contributed by atoms with van der Waals surface area (Å²) in [5.74, 6) is -0.283. The summed E-state index contributed by atoms with van der Waals surface area (Å²) in [5, 5.41) is 2.75. The van der Waals surface area contributed by atoms with E-state index in [-0.39, 0.29) is 18.3 Å². The van der Waals surface area contributed by atoms with Crippen LogP contribution in [-0.4, -0.2) is 39.3 Å². The zero-order valence-electron chi connectivity index (χ0n) is 16.3. The molecule has 0 aliphatic heterocycles. The van der Waals surface area contributed by atoms with Crippen LogP contribution in [0.25, 0.3) is 0 Å². The van der Waals surface area contributed by atoms with Gasteiger partial charge in [0.25, 0.3) is 0 Å². The average Bonchev–Trinajstić information content (AvgIpc) is 2.62. The van der Waals surface area contributed by atoms with E-state index in [0.717, 1.165) is 28.3 Å². The molecule has 152 valence electrons. The van der Waals surface area contributed by atoms with E-state index < -0.39 is 27.8 Å². The lowest BCUT2D eigenvalue weighted by atomic mass is 10.2. The van der Waals surface area contributed by atoms with Gasteiger partial charge < -0.3 is 10.1 Å². The van der Waals surface area contributed by atoms with Gasteiger partial charge in [-0.1, -0.05) is 17.7 Å². The molecule has 28 heavy (non-hydrogen) atoms. The Labute approximate surface area is 165 Å². The van der Waals surface area contributed by atoms with Crippen molar-refractivity contribution in [2.24, 2.45) is 0 Å². The minimum atomic E-state index is -3.75. The Balaban J connectivity index is 2.03. The molecule has 0 saturated heterocycles. The summed E-state index contributed by atoms with van der Waals surface area (Å²) in [6.07, 6.45) is 1.00. The second kappa shape index (κ2) is 9.05. The smallest absolute Gasteiger partial charge is 0.243 e. The maximum atomic E-state index is 13.2. The van der Waals surface area contributed by atoms with Crippen LogP contribution in [0.2, 0.25) is 0 Å². The van der Waals surface area contributed by atoms with Crippen LogP contribution in [0.15, 0.2) is 48.5 Å². The van der Waals surface area contributed by atoms with E-state index in [0.29, 0.717) is 5.75 Å². The fraction of sp³-hybridized carbons (Fsp3) is 0.350. The number of hydrogen-bond acceptors (Lipinski definition) is 4. The predicted octanol–water partition coefficient (Wildman–Crippen LogP) is 2.87. The molecular weight excluding hydrogens is 383 g/mol. The number of benzene rings is 2. The number of nitrogens with zero attached hydrogens (tertiary/aromatic N) is 1. The number of ether oxygens (including phenoxy) is 1. The van der Waals surface area contributed by atoms with E-state index >= 15 is 0 Å². The average molecular weight is 408 g/mol. The number of carbonyl (C=O) groups excluding carboxylic acids is 1. The van der Waals surface area contributed by atoms with E-state index in [2.05, 4.69) is 5.32 Å². The van der Waals surface area contributed by atoms with Gasteiger partial charge in [-0.05, 0) is 57.2 Å². The van der Waals surface area contributed by atoms with Crippen LogP contribution >= 0.6 is 0 Å². The highest BCUT2D eigenvalue weighted by Gasteiger charge is 2.29. The van der Waals surface area contributed by atoms with Crippen molar-refractivity contribution in [3.05, 3.63) is 59.9 Å². The maximum Gasteiger partial charge on any atom is 0.243 e. The molecule has 2 rings (SSSR count). The van der Waals surface area contributed by atoms with E-state index in [9.17, 15) is 17.6 Å². The van der Waals surface area contributed by atoms with Crippen molar-refractivity contribution in [2.45, 2.75) is 32.9 Å². The third-order valence-electron chi connectivity index (χ3n) is 4.08. The molecule has 0 heterocycles. The summed E-state index contributed by atoms with van der Waals surface area (Å²) < 4.78 is 44.2. The number of rotatable bonds is 8. The number of nitrogens with one attached hydrogen (secondary N) is 1. The quantitative estimate of drug-likeness (QED) is 0.729. The first kappa shape index (κ1) is 21.7. The van der Waals surface area contributed by atoms with Crippen molar-refractivity contribution >= 4 is 21.6 Å². The highest BCUT2D eigenvalue weighted by molar-refractivity contribution is 7.92. The van der Waals surface area contributed by atoms with Gasteiger partial charge in [-0.15, -0.1) is 0 Å². The standard InChI is InChI=1S/C20H25FN2O4S/c1-14-5-11-19(12-6-14)27-13-15(2)22-20(24)16(3)23(28(4,25)26)18-9-7-17(21)8-10-18/h5-12,15-16H,13H2,1-4H3,(H,22,24)/t15-,16-/m0/s1. The molecule has 0 bridgehead atoms. The van der Waals surface area contributed by atoms with Gasteiger partial charge in [0.15, 0.2) is 0 Å². The second-order valence-electron chi connectivity index (χ2n) is 6.74. The number of hydrogen-bond donors (Lipinski definition) is 1. The first-order valence-corrected chi connectivity index (χ1v) is 10.7. The zero-order valence-corrected chi connectivity index (χ0v) is 17.2. The molecule has 0 aliphatic carbocycles. The first-order chi connectivity index (χ1) is 13.1. The molecule has 1 N–H and O–H groups in total. The fourth-order valence-electron chi connectivity index (χ4n) is 2.66. The Bertz CT molecular complexity index is 899. The summed E-state index contributed by atoms with van der Waals surface area (Å²) in [6.45, 7) is 5.45. The molecule has 0 saturated carbocycles. The van der Waals surface area contributed by atoms with Crippen LogP contribution in [-0.2, 0) is 14.8 Å². The van der Waals surface area contributed by atoms with Gasteiger partial charge >= 0.3 is 0 Å². The highest BCUT2D eigenvalue weighted by Crippen LogP contribution is 2.21. The van der Waals surface area contributed by atoms with Crippen molar-refractivity contribution < 1.29 is 22.3 Å². The molecule has 0 aromatic heterocycles. The van der Waals surface area contributed by atoms with E-state index in [1.165, 1.54) is 19.1 Å². The lowest BCUT2D eigenvalue weighted by Gasteiger charge is -2.29. The Kier molecular flexibility index (Phi) is 7.01. The number of amides is 1. The lowest BCUT2D eigenvalue weighted by molar-refractivity contribution is -0.122. The Morgan fingerprint density at radius 2 is 1.68 bits per heavy atom. The topological polar surface area (TPSA) is 75.7 Å². The fourth-order valence-corrected chi connectivity index (χ4v) is 3.83. The minimum absolute atomic E-state index is 0.218. The van der Waals surface area contributed by atoms with Crippen molar-refractivity contribution in [3.63, 3.8) is 0 Å². The van der Waals surface area contributed by atoms with Gasteiger partial charge in [-0.25, -0.2) is 12.8 Å². The third-order valence-corrected chi connectivity index (χ3v) is 5.32. The molecule has 2 aromatic carbocycles. The van der Waals surface area contributed by atoms with Crippen LogP contribution in [0, 0.1) is 12.7 Å². The molecule has 8 heteroatoms. The minimum Gasteiger partial charge on any atom is -0.491 e. The van der Waals surface area contributed by atoms with Crippen LogP contribution in [0.3, 0.4) is 0 Å². The Morgan fingerprint density at radius 1 is 1.11 bits per heavy atom. The zero-order chi connectivity index (χ0) is 20.9. The normalized spacial score (nSPS) is 13.5. The predicted molar refractivity (Wildman–Crippen MR) is 107 cm³/mol. The molecule has 6 nitrogen and oxygen atoms in total. The van der Waals surface area contributed by atoms with E-state index in [4.69, 9.17) is 4.74 Å². The molecule has 2 atom stereocenters. The Morgan fingerprint density at radius 3 is 2.21 bits per heavy atom. The molecule has 0 spiro atoms. The first-order valence-electron chi connectivity index (χ1n) is 8.82. The molecular formula is C20H25FN2O4S. The van der Waals surface area contributed by atoms with Crippen molar-refractivity contribution in [2.75, 3.05) is 17.2 Å². The van der Waals surface area contributed by atoms with Gasteiger partial charge in [0, 0.05) is 0 Å². The highest BCUT2D eigenvalue weighted by atomic mass is 32.2. The number of halogens is 1. The van der Waals surface area contributed by atoms with Crippen LogP contribution in [0.4, 0.5) is 10.1 Å². The van der Waals surface area contributed by atoms with Gasteiger partial charge in [0.1, 0.15) is 24.2 Å². The van der Waals surface area contributed by atoms with Gasteiger partial charge in [-0.2, -0.15) is 0 Å². The van der Waals surface area contributed by atoms with Gasteiger partial charge in [0.05, 0.1) is 18.0 Å². The molecule has 0 aliphatic rings. The molecule has 0 radical (unpaired) electrons. The van der Waals surface area contributed by atoms with Crippen molar-refractivity contribution in [1.29, 1.82) is 0 Å². The number of carbonyl (C=O) groups is 1. The Hall–Kier alpha value is -2.61. The monoisotopic (exact) mass is 408 g/mol. The van der Waals surface area contributed by atoms with Gasteiger partial charge in [0.2, 0.25) is 15.9 Å². The molecule has 1 amide bonds. The van der Waals surface area contributed by atoms with Crippen molar-refractivity contribution in [1.82, 2.24) is 5.32 Å². The van der Waals surface area contributed by atoms with E-state index in [1.807, 2.05) is 31.2 Å². The van der Waals surface area contributed by atoms with Crippen LogP contribution in [0.5, 0.6) is 5.75 Å². The summed E-state index contributed by atoms with van der Waals surface area (Å²) >= 11 is 0. The largest absolute Gasteiger partial charge is 0.491 e. The number of sulfonamides is 1.